The van der Waals surface area contributed by atoms with Gasteiger partial charge in [0.2, 0.25) is 0 Å². The van der Waals surface area contributed by atoms with Crippen LogP contribution in [0.4, 0.5) is 0 Å². The molecule has 2 heterocycles. The fourth-order valence-corrected chi connectivity index (χ4v) is 6.54. The van der Waals surface area contributed by atoms with E-state index in [2.05, 4.69) is 157 Å². The van der Waals surface area contributed by atoms with Crippen molar-refractivity contribution in [2.45, 2.75) is 26.3 Å². The van der Waals surface area contributed by atoms with E-state index in [9.17, 15) is 0 Å². The summed E-state index contributed by atoms with van der Waals surface area (Å²) in [5.74, 6) is 0. The molecule has 5 aromatic carbocycles. The summed E-state index contributed by atoms with van der Waals surface area (Å²) in [6.45, 7) is 6.87. The van der Waals surface area contributed by atoms with Gasteiger partial charge in [-0.2, -0.15) is 0 Å². The summed E-state index contributed by atoms with van der Waals surface area (Å²) in [6.07, 6.45) is 2.28. The van der Waals surface area contributed by atoms with E-state index in [1.807, 2.05) is 0 Å². The van der Waals surface area contributed by atoms with Gasteiger partial charge in [-0.25, -0.2) is 0 Å². The maximum absolute atomic E-state index is 2.58. The van der Waals surface area contributed by atoms with Crippen molar-refractivity contribution in [1.82, 2.24) is 9.13 Å². The summed E-state index contributed by atoms with van der Waals surface area (Å²) in [5.41, 5.74) is 8.41. The second-order valence-corrected chi connectivity index (χ2v) is 10.5. The molecule has 0 saturated heterocycles. The molecule has 0 fully saturated rings. The maximum Gasteiger partial charge on any atom is 0.0785 e. The third-order valence-corrected chi connectivity index (χ3v) is 8.07. The molecule has 0 amide bonds. The standard InChI is InChI=1S/C36H30N2/c1-4-31(25-15-7-5-8-16-25)36(2,3)38-33-22-14-12-20-28(33)30-24-23-29-27-19-11-13-21-32(27)37(34(29)35(30)38)26-17-9-6-10-18-26/h4-24H,1-3H3/b31-4-. The number of para-hydroxylation sites is 3. The van der Waals surface area contributed by atoms with Crippen molar-refractivity contribution in [2.75, 3.05) is 0 Å². The zero-order valence-electron chi connectivity index (χ0n) is 22.0. The summed E-state index contributed by atoms with van der Waals surface area (Å²) < 4.78 is 5.04. The maximum atomic E-state index is 2.58. The second-order valence-electron chi connectivity index (χ2n) is 10.5. The van der Waals surface area contributed by atoms with Crippen LogP contribution in [0.2, 0.25) is 0 Å². The highest BCUT2D eigenvalue weighted by Gasteiger charge is 2.31. The lowest BCUT2D eigenvalue weighted by Gasteiger charge is -2.33. The van der Waals surface area contributed by atoms with Crippen LogP contribution in [0.15, 0.2) is 127 Å². The van der Waals surface area contributed by atoms with Gasteiger partial charge in [0.25, 0.3) is 0 Å². The molecule has 2 heteroatoms. The molecule has 0 spiro atoms. The Morgan fingerprint density at radius 1 is 0.553 bits per heavy atom. The first kappa shape index (κ1) is 22.6. The average Bonchev–Trinajstić information content (AvgIpc) is 3.48. The highest BCUT2D eigenvalue weighted by molar-refractivity contribution is 6.23. The number of fused-ring (bicyclic) bond motifs is 7. The van der Waals surface area contributed by atoms with Crippen molar-refractivity contribution in [3.63, 3.8) is 0 Å². The largest absolute Gasteiger partial charge is 0.329 e. The summed E-state index contributed by atoms with van der Waals surface area (Å²) in [7, 11) is 0. The van der Waals surface area contributed by atoms with E-state index in [0.717, 1.165) is 0 Å². The van der Waals surface area contributed by atoms with Crippen LogP contribution in [0.1, 0.15) is 26.3 Å². The number of nitrogens with zero attached hydrogens (tertiary/aromatic N) is 2. The van der Waals surface area contributed by atoms with Crippen LogP contribution >= 0.6 is 0 Å². The first-order valence-corrected chi connectivity index (χ1v) is 13.3. The van der Waals surface area contributed by atoms with Crippen LogP contribution in [0.25, 0.3) is 54.9 Å². The SMILES string of the molecule is C/C=C(/c1ccccc1)C(C)(C)n1c2ccccc2c2ccc3c4ccccc4n(-c4ccccc4)c3c21. The normalized spacial score (nSPS) is 12.8. The monoisotopic (exact) mass is 490 g/mol. The predicted octanol–water partition coefficient (Wildman–Crippen LogP) is 9.73. The lowest BCUT2D eigenvalue weighted by molar-refractivity contribution is 0.504. The number of benzene rings is 5. The fourth-order valence-electron chi connectivity index (χ4n) is 6.54. The lowest BCUT2D eigenvalue weighted by atomic mass is 9.87. The van der Waals surface area contributed by atoms with Crippen LogP contribution in [0.3, 0.4) is 0 Å². The Hall–Kier alpha value is -4.56. The molecule has 0 N–H and O–H groups in total. The van der Waals surface area contributed by atoms with Gasteiger partial charge in [-0.05, 0) is 56.2 Å². The van der Waals surface area contributed by atoms with Gasteiger partial charge < -0.3 is 9.13 Å². The van der Waals surface area contributed by atoms with Gasteiger partial charge >= 0.3 is 0 Å². The van der Waals surface area contributed by atoms with E-state index in [1.54, 1.807) is 0 Å². The molecule has 0 saturated carbocycles. The highest BCUT2D eigenvalue weighted by Crippen LogP contribution is 2.45. The summed E-state index contributed by atoms with van der Waals surface area (Å²) in [5, 5.41) is 5.12. The number of hydrogen-bond donors (Lipinski definition) is 0. The van der Waals surface area contributed by atoms with Gasteiger partial charge in [-0.15, -0.1) is 0 Å². The third kappa shape index (κ3) is 3.13. The first-order valence-electron chi connectivity index (χ1n) is 13.3. The van der Waals surface area contributed by atoms with E-state index in [0.29, 0.717) is 0 Å². The van der Waals surface area contributed by atoms with Crippen molar-refractivity contribution in [3.8, 4) is 5.69 Å². The van der Waals surface area contributed by atoms with Crippen LogP contribution in [-0.2, 0) is 5.54 Å². The third-order valence-electron chi connectivity index (χ3n) is 8.07. The van der Waals surface area contributed by atoms with Crippen molar-refractivity contribution in [3.05, 3.63) is 133 Å². The summed E-state index contributed by atoms with van der Waals surface area (Å²) >= 11 is 0. The first-order chi connectivity index (χ1) is 18.6. The average molecular weight is 491 g/mol. The molecule has 0 aliphatic rings. The molecule has 0 radical (unpaired) electrons. The molecule has 38 heavy (non-hydrogen) atoms. The molecule has 0 unspecified atom stereocenters. The van der Waals surface area contributed by atoms with E-state index in [1.165, 1.54) is 60.4 Å². The lowest BCUT2D eigenvalue weighted by Crippen LogP contribution is -2.28. The van der Waals surface area contributed by atoms with Gasteiger partial charge in [0.05, 0.1) is 22.1 Å². The second kappa shape index (κ2) is 8.49. The number of hydrogen-bond acceptors (Lipinski definition) is 0. The van der Waals surface area contributed by atoms with Crippen molar-refractivity contribution >= 4 is 49.2 Å². The quantitative estimate of drug-likeness (QED) is 0.232. The fraction of sp³-hybridized carbons (Fsp3) is 0.111. The molecule has 2 nitrogen and oxygen atoms in total. The van der Waals surface area contributed by atoms with Gasteiger partial charge in [0.1, 0.15) is 0 Å². The van der Waals surface area contributed by atoms with Crippen molar-refractivity contribution in [2.24, 2.45) is 0 Å². The van der Waals surface area contributed by atoms with Crippen LogP contribution in [-0.4, -0.2) is 9.13 Å². The van der Waals surface area contributed by atoms with Crippen LogP contribution < -0.4 is 0 Å². The Morgan fingerprint density at radius 3 is 1.74 bits per heavy atom. The Bertz CT molecular complexity index is 1980. The predicted molar refractivity (Wildman–Crippen MR) is 163 cm³/mol. The van der Waals surface area contributed by atoms with E-state index in [4.69, 9.17) is 0 Å². The molecule has 0 atom stereocenters. The van der Waals surface area contributed by atoms with Gasteiger partial charge in [0.15, 0.2) is 0 Å². The molecule has 0 aliphatic heterocycles. The van der Waals surface area contributed by atoms with Gasteiger partial charge in [-0.3, -0.25) is 0 Å². The Morgan fingerprint density at radius 2 is 1.08 bits per heavy atom. The van der Waals surface area contributed by atoms with Crippen molar-refractivity contribution < 1.29 is 0 Å². The molecule has 0 aliphatic carbocycles. The number of aromatic nitrogens is 2. The minimum Gasteiger partial charge on any atom is -0.329 e. The molecule has 0 bridgehead atoms. The topological polar surface area (TPSA) is 9.86 Å². The van der Waals surface area contributed by atoms with E-state index in [-0.39, 0.29) is 5.54 Å². The van der Waals surface area contributed by atoms with Gasteiger partial charge in [-0.1, -0.05) is 103 Å². The molecular weight excluding hydrogens is 460 g/mol. The van der Waals surface area contributed by atoms with Crippen molar-refractivity contribution in [1.29, 1.82) is 0 Å². The smallest absolute Gasteiger partial charge is 0.0785 e. The summed E-state index contributed by atoms with van der Waals surface area (Å²) in [6, 6.07) is 43.9. The minimum atomic E-state index is -0.316. The summed E-state index contributed by atoms with van der Waals surface area (Å²) in [4.78, 5) is 0. The van der Waals surface area contributed by atoms with Gasteiger partial charge in [0, 0.05) is 32.7 Å². The zero-order valence-corrected chi connectivity index (χ0v) is 22.0. The highest BCUT2D eigenvalue weighted by atomic mass is 15.1. The Balaban J connectivity index is 1.71. The Labute approximate surface area is 223 Å². The molecule has 7 aromatic rings. The molecule has 2 aromatic heterocycles. The van der Waals surface area contributed by atoms with Crippen LogP contribution in [0.5, 0.6) is 0 Å². The minimum absolute atomic E-state index is 0.316. The van der Waals surface area contributed by atoms with E-state index >= 15 is 0 Å². The molecule has 7 rings (SSSR count). The molecular formula is C36H30N2. The number of allylic oxidation sites excluding steroid dienone is 2. The Kier molecular flexibility index (Phi) is 5.06. The molecule has 184 valence electrons. The van der Waals surface area contributed by atoms with E-state index < -0.39 is 0 Å². The number of rotatable bonds is 4. The zero-order chi connectivity index (χ0) is 25.9. The van der Waals surface area contributed by atoms with Crippen LogP contribution in [0, 0.1) is 0 Å².